The van der Waals surface area contributed by atoms with E-state index in [0.29, 0.717) is 5.02 Å². The van der Waals surface area contributed by atoms with Crippen molar-refractivity contribution in [2.24, 2.45) is 0 Å². The van der Waals surface area contributed by atoms with Crippen LogP contribution in [0.15, 0.2) is 18.2 Å². The molecule has 0 aromatic heterocycles. The van der Waals surface area contributed by atoms with Crippen LogP contribution < -0.4 is 10.4 Å². The third kappa shape index (κ3) is 5.32. The van der Waals surface area contributed by atoms with Crippen LogP contribution in [0.5, 0.6) is 5.75 Å². The predicted octanol–water partition coefficient (Wildman–Crippen LogP) is 1.66. The molecular weight excluding hydrogens is 221 g/mol. The van der Waals surface area contributed by atoms with Crippen LogP contribution in [-0.2, 0) is 0 Å². The number of nitrogens with two attached hydrogens (primary N) is 1. The predicted molar refractivity (Wildman–Crippen MR) is 58.9 cm³/mol. The maximum absolute atomic E-state index is 10.6. The highest BCUT2D eigenvalue weighted by Gasteiger charge is 1.92. The van der Waals surface area contributed by atoms with Crippen molar-refractivity contribution in [3.8, 4) is 5.75 Å². The van der Waals surface area contributed by atoms with Gasteiger partial charge in [0.1, 0.15) is 0 Å². The molecule has 0 amide bonds. The summed E-state index contributed by atoms with van der Waals surface area (Å²) in [6, 6.07) is 4.51. The topological polar surface area (TPSA) is 39.7 Å². The summed E-state index contributed by atoms with van der Waals surface area (Å²) in [4.78, 5) is 0. The zero-order chi connectivity index (χ0) is 11.0. The molecule has 0 aliphatic rings. The summed E-state index contributed by atoms with van der Waals surface area (Å²) in [5, 5.41) is 13.3. The molecule has 0 unspecified atom stereocenters. The second-order valence-corrected chi connectivity index (χ2v) is 3.44. The molecule has 14 heavy (non-hydrogen) atoms. The van der Waals surface area contributed by atoms with Crippen LogP contribution >= 0.6 is 23.2 Å². The van der Waals surface area contributed by atoms with E-state index in [2.05, 4.69) is 19.2 Å². The lowest BCUT2D eigenvalue weighted by Crippen LogP contribution is -2.82. The Morgan fingerprint density at radius 1 is 1.21 bits per heavy atom. The van der Waals surface area contributed by atoms with Crippen molar-refractivity contribution >= 4 is 23.2 Å². The number of hydrogen-bond donors (Lipinski definition) is 1. The quantitative estimate of drug-likeness (QED) is 0.833. The molecule has 2 N–H and O–H groups in total. The summed E-state index contributed by atoms with van der Waals surface area (Å²) in [5.74, 6) is -0.232. The minimum absolute atomic E-state index is 0.0965. The van der Waals surface area contributed by atoms with E-state index in [0.717, 1.165) is 0 Å². The number of rotatable bonds is 2. The molecule has 0 radical (unpaired) electrons. The lowest BCUT2D eigenvalue weighted by molar-refractivity contribution is -0.648. The maximum Gasteiger partial charge on any atom is 0.0726 e. The van der Waals surface area contributed by atoms with Crippen LogP contribution in [0.4, 0.5) is 0 Å². The van der Waals surface area contributed by atoms with Crippen molar-refractivity contribution in [3.05, 3.63) is 28.2 Å². The van der Waals surface area contributed by atoms with E-state index in [1.807, 2.05) is 0 Å². The standard InChI is InChI=1S/C6H4Cl2O.C4H11N/c7-4-2-1-3-5(9)6(4)8;1-3-5-4-2/h1-3,9H;5H,3-4H2,1-2H3. The lowest BCUT2D eigenvalue weighted by Gasteiger charge is -2.06. The normalized spacial score (nSPS) is 9.14. The van der Waals surface area contributed by atoms with Gasteiger partial charge in [-0.3, -0.25) is 0 Å². The van der Waals surface area contributed by atoms with Gasteiger partial charge >= 0.3 is 0 Å². The molecular formula is C10H15Cl2NO. The summed E-state index contributed by atoms with van der Waals surface area (Å²) in [7, 11) is 0. The van der Waals surface area contributed by atoms with Crippen molar-refractivity contribution < 1.29 is 10.4 Å². The molecule has 80 valence electrons. The van der Waals surface area contributed by atoms with E-state index in [1.54, 1.807) is 12.1 Å². The minimum Gasteiger partial charge on any atom is -0.871 e. The van der Waals surface area contributed by atoms with Crippen molar-refractivity contribution in [1.29, 1.82) is 0 Å². The summed E-state index contributed by atoms with van der Waals surface area (Å²) in [6.07, 6.45) is 0. The molecule has 2 nitrogen and oxygen atoms in total. The molecule has 0 aliphatic heterocycles. The minimum atomic E-state index is -0.232. The van der Waals surface area contributed by atoms with Crippen LogP contribution in [0.3, 0.4) is 0 Å². The highest BCUT2D eigenvalue weighted by molar-refractivity contribution is 6.42. The van der Waals surface area contributed by atoms with Crippen molar-refractivity contribution in [1.82, 2.24) is 0 Å². The Labute approximate surface area is 94.8 Å². The first kappa shape index (κ1) is 13.6. The molecule has 1 aromatic carbocycles. The SMILES string of the molecule is CC[NH2+]CC.[O-]c1cccc(Cl)c1Cl. The van der Waals surface area contributed by atoms with E-state index in [9.17, 15) is 5.11 Å². The fourth-order valence-corrected chi connectivity index (χ4v) is 1.06. The zero-order valence-electron chi connectivity index (χ0n) is 8.39. The Balaban J connectivity index is 0.000000292. The van der Waals surface area contributed by atoms with Crippen LogP contribution in [0.25, 0.3) is 0 Å². The fourth-order valence-electron chi connectivity index (χ4n) is 0.773. The van der Waals surface area contributed by atoms with Crippen molar-refractivity contribution in [3.63, 3.8) is 0 Å². The Morgan fingerprint density at radius 2 is 1.79 bits per heavy atom. The monoisotopic (exact) mass is 235 g/mol. The Kier molecular flexibility index (Phi) is 7.67. The van der Waals surface area contributed by atoms with Crippen molar-refractivity contribution in [2.45, 2.75) is 13.8 Å². The summed E-state index contributed by atoms with van der Waals surface area (Å²) in [6.45, 7) is 6.75. The highest BCUT2D eigenvalue weighted by atomic mass is 35.5. The molecule has 0 aliphatic carbocycles. The molecule has 0 fully saturated rings. The first-order chi connectivity index (χ1) is 6.63. The summed E-state index contributed by atoms with van der Waals surface area (Å²) in [5.41, 5.74) is 0. The van der Waals surface area contributed by atoms with Gasteiger partial charge < -0.3 is 10.4 Å². The molecule has 0 saturated carbocycles. The maximum atomic E-state index is 10.6. The van der Waals surface area contributed by atoms with Gasteiger partial charge in [0, 0.05) is 0 Å². The number of halogens is 2. The molecule has 1 aromatic rings. The van der Waals surface area contributed by atoms with E-state index < -0.39 is 0 Å². The average Bonchev–Trinajstić information content (AvgIpc) is 2.16. The number of quaternary nitrogens is 1. The van der Waals surface area contributed by atoms with Crippen LogP contribution in [0, 0.1) is 0 Å². The number of hydrogen-bond acceptors (Lipinski definition) is 1. The van der Waals surface area contributed by atoms with Gasteiger partial charge in [0.25, 0.3) is 0 Å². The molecule has 0 saturated heterocycles. The molecule has 0 atom stereocenters. The number of benzene rings is 1. The smallest absolute Gasteiger partial charge is 0.0726 e. The van der Waals surface area contributed by atoms with Gasteiger partial charge in [-0.15, -0.1) is 0 Å². The van der Waals surface area contributed by atoms with Gasteiger partial charge in [0.15, 0.2) is 0 Å². The average molecular weight is 236 g/mol. The summed E-state index contributed by atoms with van der Waals surface area (Å²) >= 11 is 10.9. The summed E-state index contributed by atoms with van der Waals surface area (Å²) < 4.78 is 0. The van der Waals surface area contributed by atoms with E-state index in [1.165, 1.54) is 19.2 Å². The second kappa shape index (κ2) is 7.92. The van der Waals surface area contributed by atoms with Crippen molar-refractivity contribution in [2.75, 3.05) is 13.1 Å². The van der Waals surface area contributed by atoms with E-state index >= 15 is 0 Å². The van der Waals surface area contributed by atoms with Gasteiger partial charge in [0.2, 0.25) is 0 Å². The third-order valence-corrected chi connectivity index (χ3v) is 2.30. The third-order valence-electron chi connectivity index (χ3n) is 1.49. The highest BCUT2D eigenvalue weighted by Crippen LogP contribution is 2.27. The fraction of sp³-hybridized carbons (Fsp3) is 0.400. The molecule has 0 bridgehead atoms. The van der Waals surface area contributed by atoms with E-state index in [4.69, 9.17) is 23.2 Å². The Hall–Kier alpha value is -0.440. The Bertz CT molecular complexity index is 244. The molecule has 0 heterocycles. The molecule has 0 spiro atoms. The van der Waals surface area contributed by atoms with Gasteiger partial charge in [-0.05, 0) is 19.9 Å². The Morgan fingerprint density at radius 3 is 2.07 bits per heavy atom. The van der Waals surface area contributed by atoms with Gasteiger partial charge in [0.05, 0.1) is 23.1 Å². The van der Waals surface area contributed by atoms with E-state index in [-0.39, 0.29) is 10.8 Å². The first-order valence-corrected chi connectivity index (χ1v) is 5.31. The van der Waals surface area contributed by atoms with Crippen LogP contribution in [0.2, 0.25) is 10.0 Å². The zero-order valence-corrected chi connectivity index (χ0v) is 9.90. The second-order valence-electron chi connectivity index (χ2n) is 2.66. The molecule has 1 rings (SSSR count). The van der Waals surface area contributed by atoms with Gasteiger partial charge in [-0.2, -0.15) is 0 Å². The first-order valence-electron chi connectivity index (χ1n) is 4.56. The molecule has 4 heteroatoms. The van der Waals surface area contributed by atoms with Crippen LogP contribution in [-0.4, -0.2) is 13.1 Å². The largest absolute Gasteiger partial charge is 0.871 e. The van der Waals surface area contributed by atoms with Gasteiger partial charge in [-0.1, -0.05) is 41.1 Å². The lowest BCUT2D eigenvalue weighted by atomic mass is 10.3. The van der Waals surface area contributed by atoms with Crippen LogP contribution in [0.1, 0.15) is 13.8 Å². The van der Waals surface area contributed by atoms with Gasteiger partial charge in [-0.25, -0.2) is 0 Å².